The van der Waals surface area contributed by atoms with Gasteiger partial charge in [0.05, 0.1) is 24.3 Å². The molecule has 2 aromatic rings. The molecule has 1 aliphatic heterocycles. The molecule has 0 radical (unpaired) electrons. The normalized spacial score (nSPS) is 21.6. The average molecular weight is 352 g/mol. The third kappa shape index (κ3) is 4.51. The highest BCUT2D eigenvalue weighted by Gasteiger charge is 2.30. The van der Waals surface area contributed by atoms with Gasteiger partial charge < -0.3 is 9.64 Å². The van der Waals surface area contributed by atoms with Crippen molar-refractivity contribution in [3.63, 3.8) is 0 Å². The Balaban J connectivity index is 1.77. The van der Waals surface area contributed by atoms with Crippen LogP contribution in [0.3, 0.4) is 0 Å². The van der Waals surface area contributed by atoms with Gasteiger partial charge in [0.1, 0.15) is 0 Å². The molecule has 0 bridgehead atoms. The van der Waals surface area contributed by atoms with E-state index in [0.717, 1.165) is 11.1 Å². The lowest BCUT2D eigenvalue weighted by molar-refractivity contribution is -0.145. The molecule has 0 aromatic heterocycles. The second-order valence-corrected chi connectivity index (χ2v) is 7.14. The first-order valence-electron chi connectivity index (χ1n) is 9.34. The van der Waals surface area contributed by atoms with E-state index >= 15 is 0 Å². The topological polar surface area (TPSA) is 41.6 Å². The third-order valence-electron chi connectivity index (χ3n) is 4.78. The van der Waals surface area contributed by atoms with Gasteiger partial charge >= 0.3 is 0 Å². The Bertz CT molecular complexity index is 655. The van der Waals surface area contributed by atoms with Crippen molar-refractivity contribution in [3.05, 3.63) is 71.8 Å². The molecule has 1 saturated heterocycles. The monoisotopic (exact) mass is 352 g/mol. The Morgan fingerprint density at radius 1 is 0.962 bits per heavy atom. The molecular formula is C22H28N2O2. The summed E-state index contributed by atoms with van der Waals surface area (Å²) in [6.45, 7) is 7.29. The van der Waals surface area contributed by atoms with Gasteiger partial charge in [-0.2, -0.15) is 0 Å². The molecule has 26 heavy (non-hydrogen) atoms. The molecule has 0 spiro atoms. The van der Waals surface area contributed by atoms with Crippen molar-refractivity contribution in [1.29, 1.82) is 0 Å². The Labute approximate surface area is 156 Å². The molecule has 4 nitrogen and oxygen atoms in total. The summed E-state index contributed by atoms with van der Waals surface area (Å²) in [6, 6.07) is 20.2. The fourth-order valence-corrected chi connectivity index (χ4v) is 3.63. The van der Waals surface area contributed by atoms with Gasteiger partial charge in [0.25, 0.3) is 0 Å². The van der Waals surface area contributed by atoms with Crippen LogP contribution in [-0.4, -0.2) is 42.1 Å². The van der Waals surface area contributed by atoms with Crippen LogP contribution in [0.2, 0.25) is 0 Å². The second kappa shape index (κ2) is 8.47. The van der Waals surface area contributed by atoms with Gasteiger partial charge in [-0.25, -0.2) is 0 Å². The summed E-state index contributed by atoms with van der Waals surface area (Å²) < 4.78 is 5.75. The third-order valence-corrected chi connectivity index (χ3v) is 4.78. The van der Waals surface area contributed by atoms with Gasteiger partial charge in [-0.1, -0.05) is 60.7 Å². The minimum atomic E-state index is -0.280. The van der Waals surface area contributed by atoms with Crippen LogP contribution in [0.15, 0.2) is 60.7 Å². The molecular weight excluding hydrogens is 324 g/mol. The standard InChI is InChI=1S/C22H28N2O2/c1-16-14-24(15-17(2)26-16)22(25)18(3)23-21(19-10-6-4-7-11-19)20-12-8-5-9-13-20/h4-13,16-18,21,23H,14-15H2,1-3H3/t16-,17+,18-/m0/s1. The quantitative estimate of drug-likeness (QED) is 0.897. The summed E-state index contributed by atoms with van der Waals surface area (Å²) >= 11 is 0. The van der Waals surface area contributed by atoms with Gasteiger partial charge in [0.15, 0.2) is 0 Å². The van der Waals surface area contributed by atoms with E-state index in [1.54, 1.807) is 0 Å². The number of carbonyl (C=O) groups is 1. The van der Waals surface area contributed by atoms with E-state index in [1.807, 2.05) is 62.1 Å². The summed E-state index contributed by atoms with van der Waals surface area (Å²) in [5, 5.41) is 3.54. The summed E-state index contributed by atoms with van der Waals surface area (Å²) in [6.07, 6.45) is 0.155. The molecule has 0 saturated carbocycles. The molecule has 1 amide bonds. The lowest BCUT2D eigenvalue weighted by Crippen LogP contribution is -2.53. The fraction of sp³-hybridized carbons (Fsp3) is 0.409. The molecule has 3 rings (SSSR count). The predicted octanol–water partition coefficient (Wildman–Crippen LogP) is 3.39. The number of rotatable bonds is 5. The molecule has 2 aromatic carbocycles. The van der Waals surface area contributed by atoms with E-state index < -0.39 is 0 Å². The van der Waals surface area contributed by atoms with Crippen LogP contribution in [0.4, 0.5) is 0 Å². The zero-order chi connectivity index (χ0) is 18.5. The van der Waals surface area contributed by atoms with Crippen LogP contribution in [0.5, 0.6) is 0 Å². The molecule has 1 aliphatic rings. The lowest BCUT2D eigenvalue weighted by atomic mass is 9.97. The Kier molecular flexibility index (Phi) is 6.07. The van der Waals surface area contributed by atoms with Crippen LogP contribution in [0.25, 0.3) is 0 Å². The Morgan fingerprint density at radius 2 is 1.42 bits per heavy atom. The van der Waals surface area contributed by atoms with Gasteiger partial charge in [0, 0.05) is 13.1 Å². The van der Waals surface area contributed by atoms with E-state index in [2.05, 4.69) is 29.6 Å². The molecule has 0 aliphatic carbocycles. The van der Waals surface area contributed by atoms with Crippen molar-refractivity contribution in [2.24, 2.45) is 0 Å². The second-order valence-electron chi connectivity index (χ2n) is 7.14. The number of carbonyl (C=O) groups excluding carboxylic acids is 1. The van der Waals surface area contributed by atoms with Crippen molar-refractivity contribution in [1.82, 2.24) is 10.2 Å². The summed E-state index contributed by atoms with van der Waals surface area (Å²) in [5.74, 6) is 0.129. The van der Waals surface area contributed by atoms with Gasteiger partial charge in [-0.05, 0) is 31.9 Å². The number of amides is 1. The van der Waals surface area contributed by atoms with E-state index in [-0.39, 0.29) is 30.2 Å². The number of morpholine rings is 1. The van der Waals surface area contributed by atoms with Crippen molar-refractivity contribution < 1.29 is 9.53 Å². The summed E-state index contributed by atoms with van der Waals surface area (Å²) in [7, 11) is 0. The van der Waals surface area contributed by atoms with Crippen LogP contribution in [0, 0.1) is 0 Å². The highest BCUT2D eigenvalue weighted by molar-refractivity contribution is 5.81. The van der Waals surface area contributed by atoms with Crippen LogP contribution in [-0.2, 0) is 9.53 Å². The number of nitrogens with zero attached hydrogens (tertiary/aromatic N) is 1. The van der Waals surface area contributed by atoms with E-state index in [1.165, 1.54) is 0 Å². The fourth-order valence-electron chi connectivity index (χ4n) is 3.63. The van der Waals surface area contributed by atoms with Crippen molar-refractivity contribution in [3.8, 4) is 0 Å². The first-order valence-corrected chi connectivity index (χ1v) is 9.34. The maximum Gasteiger partial charge on any atom is 0.239 e. The number of ether oxygens (including phenoxy) is 1. The smallest absolute Gasteiger partial charge is 0.239 e. The number of benzene rings is 2. The van der Waals surface area contributed by atoms with E-state index in [9.17, 15) is 4.79 Å². The maximum absolute atomic E-state index is 13.0. The minimum absolute atomic E-state index is 0.0211. The van der Waals surface area contributed by atoms with Crippen LogP contribution >= 0.6 is 0 Å². The summed E-state index contributed by atoms with van der Waals surface area (Å²) in [5.41, 5.74) is 2.31. The maximum atomic E-state index is 13.0. The van der Waals surface area contributed by atoms with Gasteiger partial charge in [0.2, 0.25) is 5.91 Å². The molecule has 3 atom stereocenters. The van der Waals surface area contributed by atoms with Crippen molar-refractivity contribution in [2.75, 3.05) is 13.1 Å². The van der Waals surface area contributed by atoms with Crippen molar-refractivity contribution in [2.45, 2.75) is 45.1 Å². The largest absolute Gasteiger partial charge is 0.372 e. The molecule has 1 fully saturated rings. The molecule has 138 valence electrons. The molecule has 0 unspecified atom stereocenters. The van der Waals surface area contributed by atoms with Gasteiger partial charge in [-0.3, -0.25) is 10.1 Å². The van der Waals surface area contributed by atoms with Gasteiger partial charge in [-0.15, -0.1) is 0 Å². The SMILES string of the molecule is C[C@@H]1CN(C(=O)[C@H](C)NC(c2ccccc2)c2ccccc2)C[C@H](C)O1. The number of hydrogen-bond acceptors (Lipinski definition) is 3. The molecule has 1 N–H and O–H groups in total. The van der Waals surface area contributed by atoms with Crippen molar-refractivity contribution >= 4 is 5.91 Å². The summed E-state index contributed by atoms with van der Waals surface area (Å²) in [4.78, 5) is 14.9. The predicted molar refractivity (Wildman–Crippen MR) is 104 cm³/mol. The highest BCUT2D eigenvalue weighted by Crippen LogP contribution is 2.23. The first-order chi connectivity index (χ1) is 12.5. The first kappa shape index (κ1) is 18.6. The zero-order valence-corrected chi connectivity index (χ0v) is 15.8. The Morgan fingerprint density at radius 3 is 1.88 bits per heavy atom. The van der Waals surface area contributed by atoms with E-state index in [4.69, 9.17) is 4.74 Å². The highest BCUT2D eigenvalue weighted by atomic mass is 16.5. The Hall–Kier alpha value is -2.17. The van der Waals surface area contributed by atoms with E-state index in [0.29, 0.717) is 13.1 Å². The average Bonchev–Trinajstić information content (AvgIpc) is 2.66. The van der Waals surface area contributed by atoms with Crippen LogP contribution in [0.1, 0.15) is 37.9 Å². The van der Waals surface area contributed by atoms with Crippen LogP contribution < -0.4 is 5.32 Å². The lowest BCUT2D eigenvalue weighted by Gasteiger charge is -2.37. The minimum Gasteiger partial charge on any atom is -0.372 e. The number of hydrogen-bond donors (Lipinski definition) is 1. The zero-order valence-electron chi connectivity index (χ0n) is 15.8. The molecule has 4 heteroatoms. The molecule has 1 heterocycles. The number of nitrogens with one attached hydrogen (secondary N) is 1.